The van der Waals surface area contributed by atoms with Crippen molar-refractivity contribution in [2.75, 3.05) is 0 Å². The SMILES string of the molecule is Cc1c(C(=O)OC(C)(C)C)ccc2c1CC[C@@H]2NC(=O)c1cc(C(=O)O)nc2c(F)cnn12.NCc1ccc(F)c(C(F)(F)F)c1. The molecule has 1 aliphatic carbocycles. The van der Waals surface area contributed by atoms with E-state index in [-0.39, 0.29) is 29.5 Å². The molecule has 0 saturated heterocycles. The van der Waals surface area contributed by atoms with Gasteiger partial charge in [0.15, 0.2) is 17.2 Å². The number of amides is 1. The molecule has 0 aliphatic heterocycles. The number of ether oxygens (including phenoxy) is 1. The van der Waals surface area contributed by atoms with Crippen LogP contribution in [0.3, 0.4) is 0 Å². The van der Waals surface area contributed by atoms with E-state index in [2.05, 4.69) is 15.4 Å². The number of fused-ring (bicyclic) bond motifs is 2. The van der Waals surface area contributed by atoms with Crippen molar-refractivity contribution in [3.63, 3.8) is 0 Å². The van der Waals surface area contributed by atoms with Crippen molar-refractivity contribution in [3.8, 4) is 0 Å². The fraction of sp³-hybridized carbons (Fsp3) is 0.323. The number of carboxylic acid groups (broad SMARTS) is 1. The fourth-order valence-electron chi connectivity index (χ4n) is 4.94. The maximum Gasteiger partial charge on any atom is 0.419 e. The number of benzene rings is 2. The minimum absolute atomic E-state index is 0.0383. The van der Waals surface area contributed by atoms with E-state index in [9.17, 15) is 41.4 Å². The summed E-state index contributed by atoms with van der Waals surface area (Å²) < 4.78 is 69.3. The van der Waals surface area contributed by atoms with Crippen molar-refractivity contribution in [2.45, 2.75) is 64.9 Å². The maximum atomic E-state index is 14.0. The number of carbonyl (C=O) groups is 3. The van der Waals surface area contributed by atoms with Gasteiger partial charge in [-0.3, -0.25) is 4.79 Å². The van der Waals surface area contributed by atoms with Gasteiger partial charge >= 0.3 is 18.1 Å². The van der Waals surface area contributed by atoms with E-state index >= 15 is 0 Å². The van der Waals surface area contributed by atoms with Crippen LogP contribution < -0.4 is 11.1 Å². The number of alkyl halides is 3. The average Bonchev–Trinajstić information content (AvgIpc) is 3.55. The van der Waals surface area contributed by atoms with Crippen LogP contribution in [0.25, 0.3) is 5.65 Å². The number of rotatable bonds is 5. The molecule has 0 radical (unpaired) electrons. The van der Waals surface area contributed by atoms with Crippen molar-refractivity contribution < 1.29 is 46.2 Å². The fourth-order valence-corrected chi connectivity index (χ4v) is 4.94. The monoisotopic (exact) mass is 647 g/mol. The van der Waals surface area contributed by atoms with Gasteiger partial charge in [0.05, 0.1) is 23.4 Å². The number of carbonyl (C=O) groups excluding carboxylic acids is 2. The van der Waals surface area contributed by atoms with Gasteiger partial charge in [-0.2, -0.15) is 18.3 Å². The van der Waals surface area contributed by atoms with E-state index in [1.807, 2.05) is 6.92 Å². The molecule has 46 heavy (non-hydrogen) atoms. The second kappa shape index (κ2) is 12.8. The molecular weight excluding hydrogens is 617 g/mol. The molecule has 15 heteroatoms. The first kappa shape index (κ1) is 34.0. The highest BCUT2D eigenvalue weighted by molar-refractivity contribution is 5.96. The number of aromatic carboxylic acids is 1. The zero-order valence-electron chi connectivity index (χ0n) is 25.1. The number of aromatic nitrogens is 3. The molecule has 1 atom stereocenters. The van der Waals surface area contributed by atoms with Gasteiger partial charge in [-0.1, -0.05) is 12.1 Å². The summed E-state index contributed by atoms with van der Waals surface area (Å²) in [4.78, 5) is 40.7. The van der Waals surface area contributed by atoms with Crippen LogP contribution in [0.2, 0.25) is 0 Å². The van der Waals surface area contributed by atoms with Crippen LogP contribution in [-0.2, 0) is 23.9 Å². The van der Waals surface area contributed by atoms with Gasteiger partial charge in [0, 0.05) is 12.6 Å². The van der Waals surface area contributed by atoms with E-state index in [0.717, 1.165) is 45.6 Å². The van der Waals surface area contributed by atoms with Gasteiger partial charge in [-0.05, 0) is 81.0 Å². The van der Waals surface area contributed by atoms with E-state index in [1.165, 1.54) is 6.07 Å². The third kappa shape index (κ3) is 7.30. The first-order valence-corrected chi connectivity index (χ1v) is 13.9. The van der Waals surface area contributed by atoms with Crippen LogP contribution in [0.1, 0.15) is 92.4 Å². The summed E-state index contributed by atoms with van der Waals surface area (Å²) in [6.45, 7) is 7.22. The van der Waals surface area contributed by atoms with Gasteiger partial charge < -0.3 is 20.9 Å². The van der Waals surface area contributed by atoms with Gasteiger partial charge in [0.1, 0.15) is 17.1 Å². The average molecular weight is 648 g/mol. The van der Waals surface area contributed by atoms with Crippen molar-refractivity contribution in [1.82, 2.24) is 19.9 Å². The summed E-state index contributed by atoms with van der Waals surface area (Å²) in [6, 6.07) is 6.88. The number of nitrogens with one attached hydrogen (secondary N) is 1. The molecule has 5 rings (SSSR count). The van der Waals surface area contributed by atoms with Gasteiger partial charge in [0.25, 0.3) is 5.91 Å². The van der Waals surface area contributed by atoms with Crippen LogP contribution in [0.5, 0.6) is 0 Å². The predicted octanol–water partition coefficient (Wildman–Crippen LogP) is 5.55. The lowest BCUT2D eigenvalue weighted by Crippen LogP contribution is -2.29. The number of carboxylic acids is 1. The molecule has 2 heterocycles. The summed E-state index contributed by atoms with van der Waals surface area (Å²) in [6.07, 6.45) is -2.55. The summed E-state index contributed by atoms with van der Waals surface area (Å²) in [7, 11) is 0. The molecule has 1 amide bonds. The van der Waals surface area contributed by atoms with E-state index < -0.39 is 52.5 Å². The lowest BCUT2D eigenvalue weighted by molar-refractivity contribution is -0.140. The second-order valence-corrected chi connectivity index (χ2v) is 11.4. The third-order valence-corrected chi connectivity index (χ3v) is 7.07. The Bertz CT molecular complexity index is 1830. The predicted molar refractivity (Wildman–Crippen MR) is 154 cm³/mol. The molecule has 10 nitrogen and oxygen atoms in total. The van der Waals surface area contributed by atoms with Crippen molar-refractivity contribution in [2.24, 2.45) is 5.73 Å². The Morgan fingerprint density at radius 2 is 1.78 bits per heavy atom. The van der Waals surface area contributed by atoms with E-state index in [0.29, 0.717) is 18.4 Å². The van der Waals surface area contributed by atoms with Crippen LogP contribution >= 0.6 is 0 Å². The molecule has 4 aromatic rings. The molecule has 4 N–H and O–H groups in total. The van der Waals surface area contributed by atoms with Crippen LogP contribution in [0, 0.1) is 18.6 Å². The van der Waals surface area contributed by atoms with Crippen molar-refractivity contribution >= 4 is 23.5 Å². The Balaban J connectivity index is 0.000000310. The quantitative estimate of drug-likeness (QED) is 0.189. The van der Waals surface area contributed by atoms with Gasteiger partial charge in [-0.25, -0.2) is 27.9 Å². The maximum absolute atomic E-state index is 14.0. The molecule has 0 unspecified atom stereocenters. The Morgan fingerprint density at radius 1 is 1.09 bits per heavy atom. The molecule has 244 valence electrons. The van der Waals surface area contributed by atoms with Gasteiger partial charge in [-0.15, -0.1) is 0 Å². The molecule has 1 aliphatic rings. The smallest absolute Gasteiger partial charge is 0.419 e. The summed E-state index contributed by atoms with van der Waals surface area (Å²) in [5, 5.41) is 16.0. The Labute approximate surface area is 259 Å². The summed E-state index contributed by atoms with van der Waals surface area (Å²) in [5.41, 5.74) is 5.65. The zero-order chi connectivity index (χ0) is 34.1. The molecule has 2 aromatic heterocycles. The Kier molecular flexibility index (Phi) is 9.47. The molecule has 0 fully saturated rings. The topological polar surface area (TPSA) is 149 Å². The Hall–Kier alpha value is -4.92. The van der Waals surface area contributed by atoms with Crippen LogP contribution in [0.15, 0.2) is 42.6 Å². The highest BCUT2D eigenvalue weighted by Crippen LogP contribution is 2.35. The lowest BCUT2D eigenvalue weighted by atomic mass is 9.97. The van der Waals surface area contributed by atoms with Crippen molar-refractivity contribution in [3.05, 3.63) is 99.0 Å². The number of hydrogen-bond acceptors (Lipinski definition) is 7. The highest BCUT2D eigenvalue weighted by Gasteiger charge is 2.34. The largest absolute Gasteiger partial charge is 0.477 e. The standard InChI is InChI=1S/C23H23FN4O5.C8H7F4N/c1-11-12-7-8-16(14(12)6-5-13(11)22(32)33-23(2,3)4)27-20(29)18-9-17(21(30)31)26-19-15(24)10-25-28(18)19;9-7-2-1-5(4-13)3-6(7)8(10,11)12/h5-6,9-10,16H,7-8H2,1-4H3,(H,27,29)(H,30,31);1-3H,4,13H2/t16-;/m0./s1. The molecule has 0 spiro atoms. The molecule has 2 aromatic carbocycles. The minimum atomic E-state index is -4.66. The number of nitrogens with zero attached hydrogens (tertiary/aromatic N) is 3. The first-order chi connectivity index (χ1) is 21.4. The normalized spacial score (nSPS) is 14.3. The number of hydrogen-bond donors (Lipinski definition) is 3. The first-order valence-electron chi connectivity index (χ1n) is 13.9. The summed E-state index contributed by atoms with van der Waals surface area (Å²) in [5.74, 6) is -4.51. The molecule has 0 bridgehead atoms. The van der Waals surface area contributed by atoms with Crippen LogP contribution in [-0.4, -0.2) is 43.2 Å². The minimum Gasteiger partial charge on any atom is -0.477 e. The van der Waals surface area contributed by atoms with Gasteiger partial charge in [0.2, 0.25) is 0 Å². The Morgan fingerprint density at radius 3 is 2.39 bits per heavy atom. The van der Waals surface area contributed by atoms with E-state index in [1.54, 1.807) is 32.9 Å². The summed E-state index contributed by atoms with van der Waals surface area (Å²) >= 11 is 0. The highest BCUT2D eigenvalue weighted by atomic mass is 19.4. The zero-order valence-corrected chi connectivity index (χ0v) is 25.1. The lowest BCUT2D eigenvalue weighted by Gasteiger charge is -2.21. The number of halogens is 5. The number of nitrogens with two attached hydrogens (primary N) is 1. The van der Waals surface area contributed by atoms with E-state index in [4.69, 9.17) is 10.5 Å². The molecular formula is C31H30F5N5O5. The second-order valence-electron chi connectivity index (χ2n) is 11.4. The third-order valence-electron chi connectivity index (χ3n) is 7.07. The van der Waals surface area contributed by atoms with Crippen molar-refractivity contribution in [1.29, 1.82) is 0 Å². The van der Waals surface area contributed by atoms with Crippen LogP contribution in [0.4, 0.5) is 22.0 Å². The molecule has 0 saturated carbocycles. The number of esters is 1.